The summed E-state index contributed by atoms with van der Waals surface area (Å²) in [6.07, 6.45) is 0.492. The molecule has 0 radical (unpaired) electrons. The van der Waals surface area contributed by atoms with Gasteiger partial charge in [-0.25, -0.2) is 4.79 Å². The average Bonchev–Trinajstić information content (AvgIpc) is 3.25. The Bertz CT molecular complexity index is 1560. The van der Waals surface area contributed by atoms with Crippen molar-refractivity contribution in [3.63, 3.8) is 0 Å². The molecule has 0 saturated heterocycles. The summed E-state index contributed by atoms with van der Waals surface area (Å²) in [5.74, 6) is -1.49. The second-order valence-corrected chi connectivity index (χ2v) is 9.87. The highest BCUT2D eigenvalue weighted by atomic mass is 16.4. The fourth-order valence-corrected chi connectivity index (χ4v) is 5.91. The summed E-state index contributed by atoms with van der Waals surface area (Å²) >= 11 is 0. The number of fused-ring (bicyclic) bond motifs is 6. The van der Waals surface area contributed by atoms with Gasteiger partial charge in [-0.05, 0) is 35.7 Å². The van der Waals surface area contributed by atoms with Crippen LogP contribution in [-0.4, -0.2) is 52.0 Å². The SMILES string of the molecule is CN1c2ccccc2C(=O)N2CCc3c(n(CC(=O)N[C@@H](Cc4ccccc4)C(=O)O)c4ccccc34)C21. The second-order valence-electron chi connectivity index (χ2n) is 9.87. The minimum Gasteiger partial charge on any atom is -0.480 e. The fourth-order valence-electron chi connectivity index (χ4n) is 5.91. The van der Waals surface area contributed by atoms with E-state index in [9.17, 15) is 19.5 Å². The molecule has 0 spiro atoms. The van der Waals surface area contributed by atoms with Crippen LogP contribution in [-0.2, 0) is 29.0 Å². The summed E-state index contributed by atoms with van der Waals surface area (Å²) in [5, 5.41) is 13.6. The highest BCUT2D eigenvalue weighted by molar-refractivity contribution is 6.02. The number of carbonyl (C=O) groups excluding carboxylic acids is 2. The van der Waals surface area contributed by atoms with E-state index in [1.165, 1.54) is 0 Å². The normalized spacial score (nSPS) is 17.0. The largest absolute Gasteiger partial charge is 0.480 e. The smallest absolute Gasteiger partial charge is 0.326 e. The van der Waals surface area contributed by atoms with E-state index in [0.717, 1.165) is 33.4 Å². The minimum atomic E-state index is -1.08. The Kier molecular flexibility index (Phi) is 5.87. The topological polar surface area (TPSA) is 94.9 Å². The maximum atomic E-state index is 13.5. The van der Waals surface area contributed by atoms with Gasteiger partial charge >= 0.3 is 5.97 Å². The van der Waals surface area contributed by atoms with Crippen LogP contribution in [0.3, 0.4) is 0 Å². The van der Waals surface area contributed by atoms with Gasteiger partial charge in [0.05, 0.1) is 16.9 Å². The monoisotopic (exact) mass is 508 g/mol. The molecule has 2 amide bonds. The molecule has 8 nitrogen and oxygen atoms in total. The number of benzene rings is 3. The summed E-state index contributed by atoms with van der Waals surface area (Å²) in [6.45, 7) is 0.524. The van der Waals surface area contributed by atoms with Gasteiger partial charge in [0.25, 0.3) is 5.91 Å². The quantitative estimate of drug-likeness (QED) is 0.415. The minimum absolute atomic E-state index is 0.0237. The van der Waals surface area contributed by atoms with Gasteiger partial charge in [0.2, 0.25) is 5.91 Å². The van der Waals surface area contributed by atoms with Crippen LogP contribution in [0, 0.1) is 0 Å². The molecule has 8 heteroatoms. The molecular formula is C30H28N4O4. The number of hydrogen-bond donors (Lipinski definition) is 2. The van der Waals surface area contributed by atoms with Crippen LogP contribution in [0.4, 0.5) is 5.69 Å². The van der Waals surface area contributed by atoms with Crippen LogP contribution in [0.15, 0.2) is 78.9 Å². The third kappa shape index (κ3) is 3.89. The molecule has 38 heavy (non-hydrogen) atoms. The lowest BCUT2D eigenvalue weighted by atomic mass is 9.96. The molecule has 1 aromatic heterocycles. The maximum absolute atomic E-state index is 13.5. The van der Waals surface area contributed by atoms with Gasteiger partial charge in [-0.3, -0.25) is 9.59 Å². The summed E-state index contributed by atoms with van der Waals surface area (Å²) in [7, 11) is 1.97. The Morgan fingerprint density at radius 3 is 2.50 bits per heavy atom. The number of anilines is 1. The molecule has 3 aromatic carbocycles. The molecule has 1 unspecified atom stereocenters. The van der Waals surface area contributed by atoms with Crippen molar-refractivity contribution < 1.29 is 19.5 Å². The van der Waals surface area contributed by atoms with Crippen molar-refractivity contribution in [1.29, 1.82) is 0 Å². The van der Waals surface area contributed by atoms with Crippen molar-refractivity contribution in [2.45, 2.75) is 31.6 Å². The number of rotatable bonds is 6. The number of aromatic nitrogens is 1. The van der Waals surface area contributed by atoms with Crippen molar-refractivity contribution in [3.05, 3.63) is 101 Å². The molecule has 192 valence electrons. The first-order chi connectivity index (χ1) is 18.4. The zero-order valence-electron chi connectivity index (χ0n) is 21.0. The molecule has 0 aliphatic carbocycles. The number of hydrogen-bond acceptors (Lipinski definition) is 4. The van der Waals surface area contributed by atoms with Gasteiger partial charge in [0.1, 0.15) is 18.8 Å². The predicted molar refractivity (Wildman–Crippen MR) is 144 cm³/mol. The third-order valence-electron chi connectivity index (χ3n) is 7.62. The van der Waals surface area contributed by atoms with Crippen molar-refractivity contribution in [3.8, 4) is 0 Å². The number of carbonyl (C=O) groups is 3. The number of amides is 2. The van der Waals surface area contributed by atoms with Gasteiger partial charge in [-0.15, -0.1) is 0 Å². The van der Waals surface area contributed by atoms with Gasteiger partial charge in [0, 0.05) is 30.9 Å². The van der Waals surface area contributed by atoms with Crippen molar-refractivity contribution in [2.24, 2.45) is 0 Å². The summed E-state index contributed by atoms with van der Waals surface area (Å²) in [4.78, 5) is 42.8. The lowest BCUT2D eigenvalue weighted by Gasteiger charge is -2.46. The maximum Gasteiger partial charge on any atom is 0.326 e. The van der Waals surface area contributed by atoms with E-state index in [1.807, 2.05) is 95.4 Å². The van der Waals surface area contributed by atoms with Gasteiger partial charge in [0.15, 0.2) is 0 Å². The van der Waals surface area contributed by atoms with Crippen LogP contribution in [0.2, 0.25) is 0 Å². The number of para-hydroxylation sites is 2. The van der Waals surface area contributed by atoms with Crippen LogP contribution in [0.25, 0.3) is 10.9 Å². The Morgan fingerprint density at radius 2 is 1.71 bits per heavy atom. The highest BCUT2D eigenvalue weighted by Crippen LogP contribution is 2.44. The average molecular weight is 509 g/mol. The van der Waals surface area contributed by atoms with Crippen molar-refractivity contribution >= 4 is 34.4 Å². The van der Waals surface area contributed by atoms with E-state index in [4.69, 9.17) is 0 Å². The predicted octanol–water partition coefficient (Wildman–Crippen LogP) is 3.60. The molecule has 6 rings (SSSR count). The third-order valence-corrected chi connectivity index (χ3v) is 7.62. The molecule has 2 N–H and O–H groups in total. The number of carboxylic acids is 1. The Labute approximate surface area is 220 Å². The number of aliphatic carboxylic acids is 1. The molecule has 0 fully saturated rings. The van der Waals surface area contributed by atoms with Gasteiger partial charge < -0.3 is 24.8 Å². The van der Waals surface area contributed by atoms with Crippen LogP contribution < -0.4 is 10.2 Å². The molecule has 2 aliphatic heterocycles. The van der Waals surface area contributed by atoms with E-state index in [1.54, 1.807) is 0 Å². The first kappa shape index (κ1) is 23.8. The molecule has 3 heterocycles. The number of nitrogens with zero attached hydrogens (tertiary/aromatic N) is 3. The van der Waals surface area contributed by atoms with Crippen LogP contribution >= 0.6 is 0 Å². The molecule has 2 atom stereocenters. The number of nitrogens with one attached hydrogen (secondary N) is 1. The Balaban J connectivity index is 1.38. The van der Waals surface area contributed by atoms with E-state index < -0.39 is 12.0 Å². The first-order valence-electron chi connectivity index (χ1n) is 12.7. The van der Waals surface area contributed by atoms with E-state index in [2.05, 4.69) is 10.2 Å². The summed E-state index contributed by atoms with van der Waals surface area (Å²) in [5.41, 5.74) is 5.26. The Morgan fingerprint density at radius 1 is 1.00 bits per heavy atom. The summed E-state index contributed by atoms with van der Waals surface area (Å²) < 4.78 is 1.95. The van der Waals surface area contributed by atoms with Crippen LogP contribution in [0.5, 0.6) is 0 Å². The molecule has 0 saturated carbocycles. The van der Waals surface area contributed by atoms with Crippen molar-refractivity contribution in [1.82, 2.24) is 14.8 Å². The van der Waals surface area contributed by atoms with Gasteiger partial charge in [-0.1, -0.05) is 60.7 Å². The fraction of sp³-hybridized carbons (Fsp3) is 0.233. The highest BCUT2D eigenvalue weighted by Gasteiger charge is 2.42. The number of carboxylic acid groups (broad SMARTS) is 1. The first-order valence-corrected chi connectivity index (χ1v) is 12.7. The van der Waals surface area contributed by atoms with Crippen molar-refractivity contribution in [2.75, 3.05) is 18.5 Å². The summed E-state index contributed by atoms with van der Waals surface area (Å²) in [6, 6.07) is 23.7. The van der Waals surface area contributed by atoms with Crippen LogP contribution in [0.1, 0.15) is 33.3 Å². The van der Waals surface area contributed by atoms with E-state index in [-0.39, 0.29) is 30.9 Å². The molecule has 4 aromatic rings. The zero-order chi connectivity index (χ0) is 26.4. The van der Waals surface area contributed by atoms with Gasteiger partial charge in [-0.2, -0.15) is 0 Å². The zero-order valence-corrected chi connectivity index (χ0v) is 21.0. The standard InChI is InChI=1S/C30H28N4O4/c1-32-24-13-7-6-12-22(24)29(36)33-16-15-21-20-11-5-8-14-25(20)34(27(21)28(32)33)18-26(35)31-23(30(37)38)17-19-9-3-2-4-10-19/h2-14,23,28H,15-18H2,1H3,(H,31,35)(H,37,38)/t23-,28?/m0/s1. The van der Waals surface area contributed by atoms with E-state index in [0.29, 0.717) is 18.5 Å². The lowest BCUT2D eigenvalue weighted by Crippen LogP contribution is -2.52. The molecule has 2 aliphatic rings. The lowest BCUT2D eigenvalue weighted by molar-refractivity contribution is -0.141. The molecular weight excluding hydrogens is 480 g/mol. The van der Waals surface area contributed by atoms with E-state index >= 15 is 0 Å². The second kappa shape index (κ2) is 9.37. The molecule has 0 bridgehead atoms. The Hall–Kier alpha value is -4.59.